The van der Waals surface area contributed by atoms with Crippen molar-refractivity contribution in [3.8, 4) is 5.75 Å². The van der Waals surface area contributed by atoms with E-state index in [0.717, 1.165) is 32.1 Å². The molecule has 1 heterocycles. The van der Waals surface area contributed by atoms with E-state index in [1.165, 1.54) is 6.92 Å². The van der Waals surface area contributed by atoms with Gasteiger partial charge in [-0.1, -0.05) is 17.8 Å². The van der Waals surface area contributed by atoms with Crippen molar-refractivity contribution in [2.24, 2.45) is 0 Å². The lowest BCUT2D eigenvalue weighted by atomic mass is 10.2. The maximum Gasteiger partial charge on any atom is 0.221 e. The lowest BCUT2D eigenvalue weighted by Crippen LogP contribution is -2.06. The third-order valence-corrected chi connectivity index (χ3v) is 4.41. The van der Waals surface area contributed by atoms with Gasteiger partial charge in [-0.3, -0.25) is 9.78 Å². The standard InChI is InChI=1S/C18H16N2O2S/c1-12(21)20-16-9-10-17(15-4-3-11-19-18(15)16)23-14-7-5-13(22-2)6-8-14/h3-11H,1-2H3,(H,20,21). The molecule has 23 heavy (non-hydrogen) atoms. The molecule has 1 amide bonds. The van der Waals surface area contributed by atoms with Gasteiger partial charge in [-0.2, -0.15) is 0 Å². The fourth-order valence-corrected chi connectivity index (χ4v) is 3.23. The highest BCUT2D eigenvalue weighted by Crippen LogP contribution is 2.36. The topological polar surface area (TPSA) is 51.2 Å². The molecule has 3 rings (SSSR count). The summed E-state index contributed by atoms with van der Waals surface area (Å²) in [5, 5.41) is 3.84. The Morgan fingerprint density at radius 1 is 1.13 bits per heavy atom. The summed E-state index contributed by atoms with van der Waals surface area (Å²) in [5.41, 5.74) is 1.52. The number of ether oxygens (including phenoxy) is 1. The zero-order valence-corrected chi connectivity index (χ0v) is 13.7. The number of carbonyl (C=O) groups is 1. The molecule has 0 radical (unpaired) electrons. The van der Waals surface area contributed by atoms with E-state index in [2.05, 4.69) is 10.3 Å². The van der Waals surface area contributed by atoms with E-state index in [9.17, 15) is 4.79 Å². The van der Waals surface area contributed by atoms with Crippen LogP contribution in [0.3, 0.4) is 0 Å². The number of rotatable bonds is 4. The van der Waals surface area contributed by atoms with Crippen LogP contribution < -0.4 is 10.1 Å². The van der Waals surface area contributed by atoms with Gasteiger partial charge < -0.3 is 10.1 Å². The van der Waals surface area contributed by atoms with Gasteiger partial charge in [-0.15, -0.1) is 0 Å². The summed E-state index contributed by atoms with van der Waals surface area (Å²) < 4.78 is 5.18. The van der Waals surface area contributed by atoms with Crippen molar-refractivity contribution in [3.63, 3.8) is 0 Å². The minimum Gasteiger partial charge on any atom is -0.497 e. The minimum atomic E-state index is -0.104. The molecule has 5 heteroatoms. The predicted molar refractivity (Wildman–Crippen MR) is 93.2 cm³/mol. The van der Waals surface area contributed by atoms with Crippen LogP contribution in [-0.4, -0.2) is 18.0 Å². The highest BCUT2D eigenvalue weighted by molar-refractivity contribution is 7.99. The summed E-state index contributed by atoms with van der Waals surface area (Å²) in [6.07, 6.45) is 1.73. The summed E-state index contributed by atoms with van der Waals surface area (Å²) >= 11 is 1.66. The summed E-state index contributed by atoms with van der Waals surface area (Å²) in [5.74, 6) is 0.731. The van der Waals surface area contributed by atoms with Gasteiger partial charge in [0.25, 0.3) is 0 Å². The number of nitrogens with zero attached hydrogens (tertiary/aromatic N) is 1. The van der Waals surface area contributed by atoms with E-state index in [1.54, 1.807) is 25.1 Å². The van der Waals surface area contributed by atoms with E-state index < -0.39 is 0 Å². The first kappa shape index (κ1) is 15.4. The van der Waals surface area contributed by atoms with E-state index in [-0.39, 0.29) is 5.91 Å². The number of nitrogens with one attached hydrogen (secondary N) is 1. The number of hydrogen-bond acceptors (Lipinski definition) is 4. The third-order valence-electron chi connectivity index (χ3n) is 3.33. The maximum atomic E-state index is 11.3. The summed E-state index contributed by atoms with van der Waals surface area (Å²) in [4.78, 5) is 18.0. The Labute approximate surface area is 138 Å². The number of fused-ring (bicyclic) bond motifs is 1. The van der Waals surface area contributed by atoms with Crippen molar-refractivity contribution in [2.45, 2.75) is 16.7 Å². The second-order valence-electron chi connectivity index (χ2n) is 4.97. The molecule has 0 fully saturated rings. The first-order valence-corrected chi connectivity index (χ1v) is 7.96. The zero-order chi connectivity index (χ0) is 16.2. The van der Waals surface area contributed by atoms with Gasteiger partial charge in [-0.25, -0.2) is 0 Å². The maximum absolute atomic E-state index is 11.3. The average Bonchev–Trinajstić information content (AvgIpc) is 2.57. The van der Waals surface area contributed by atoms with Gasteiger partial charge >= 0.3 is 0 Å². The summed E-state index contributed by atoms with van der Waals surface area (Å²) in [6, 6.07) is 15.7. The normalized spacial score (nSPS) is 10.5. The molecule has 0 bridgehead atoms. The molecule has 0 unspecified atom stereocenters. The Balaban J connectivity index is 1.99. The molecule has 0 aliphatic carbocycles. The first-order chi connectivity index (χ1) is 11.2. The Morgan fingerprint density at radius 3 is 2.61 bits per heavy atom. The molecule has 0 aliphatic rings. The Kier molecular flexibility index (Phi) is 4.48. The lowest BCUT2D eigenvalue weighted by molar-refractivity contribution is -0.114. The molecule has 2 aromatic carbocycles. The van der Waals surface area contributed by atoms with Crippen LogP contribution in [-0.2, 0) is 4.79 Å². The molecule has 0 saturated heterocycles. The number of aromatic nitrogens is 1. The molecule has 1 aromatic heterocycles. The SMILES string of the molecule is COc1ccc(Sc2ccc(NC(C)=O)c3ncccc23)cc1. The molecular weight excluding hydrogens is 308 g/mol. The molecule has 4 nitrogen and oxygen atoms in total. The van der Waals surface area contributed by atoms with Crippen molar-refractivity contribution in [2.75, 3.05) is 12.4 Å². The van der Waals surface area contributed by atoms with E-state index in [1.807, 2.05) is 48.5 Å². The predicted octanol–water partition coefficient (Wildman–Crippen LogP) is 4.35. The van der Waals surface area contributed by atoms with E-state index in [0.29, 0.717) is 0 Å². The van der Waals surface area contributed by atoms with Gasteiger partial charge in [-0.05, 0) is 42.5 Å². The van der Waals surface area contributed by atoms with Gasteiger partial charge in [0.15, 0.2) is 0 Å². The second-order valence-corrected chi connectivity index (χ2v) is 6.08. The molecule has 1 N–H and O–H groups in total. The minimum absolute atomic E-state index is 0.104. The number of methoxy groups -OCH3 is 1. The summed E-state index contributed by atoms with van der Waals surface area (Å²) in [6.45, 7) is 1.49. The molecule has 116 valence electrons. The van der Waals surface area contributed by atoms with Gasteiger partial charge in [0.1, 0.15) is 5.75 Å². The lowest BCUT2D eigenvalue weighted by Gasteiger charge is -2.10. The fraction of sp³-hybridized carbons (Fsp3) is 0.111. The molecule has 3 aromatic rings. The molecule has 0 aliphatic heterocycles. The van der Waals surface area contributed by atoms with E-state index >= 15 is 0 Å². The van der Waals surface area contributed by atoms with Crippen LogP contribution in [0.5, 0.6) is 5.75 Å². The van der Waals surface area contributed by atoms with Crippen molar-refractivity contribution < 1.29 is 9.53 Å². The molecular formula is C18H16N2O2S. The number of anilines is 1. The number of benzene rings is 2. The molecule has 0 atom stereocenters. The monoisotopic (exact) mass is 324 g/mol. The number of pyridine rings is 1. The van der Waals surface area contributed by atoms with Crippen LogP contribution in [0, 0.1) is 0 Å². The van der Waals surface area contributed by atoms with Crippen LogP contribution in [0.1, 0.15) is 6.92 Å². The number of hydrogen-bond donors (Lipinski definition) is 1. The molecule has 0 spiro atoms. The quantitative estimate of drug-likeness (QED) is 0.775. The smallest absolute Gasteiger partial charge is 0.221 e. The first-order valence-electron chi connectivity index (χ1n) is 7.14. The highest BCUT2D eigenvalue weighted by atomic mass is 32.2. The van der Waals surface area contributed by atoms with Crippen LogP contribution in [0.4, 0.5) is 5.69 Å². The van der Waals surface area contributed by atoms with Gasteiger partial charge in [0.05, 0.1) is 18.3 Å². The zero-order valence-electron chi connectivity index (χ0n) is 12.9. The van der Waals surface area contributed by atoms with Crippen molar-refractivity contribution in [3.05, 3.63) is 54.7 Å². The summed E-state index contributed by atoms with van der Waals surface area (Å²) in [7, 11) is 1.65. The van der Waals surface area contributed by atoms with Crippen molar-refractivity contribution in [1.82, 2.24) is 4.98 Å². The third kappa shape index (κ3) is 3.46. The Bertz CT molecular complexity index is 847. The van der Waals surface area contributed by atoms with Crippen LogP contribution in [0.25, 0.3) is 10.9 Å². The average molecular weight is 324 g/mol. The fourth-order valence-electron chi connectivity index (χ4n) is 2.30. The number of amides is 1. The highest BCUT2D eigenvalue weighted by Gasteiger charge is 2.09. The van der Waals surface area contributed by atoms with Gasteiger partial charge in [0, 0.05) is 28.3 Å². The van der Waals surface area contributed by atoms with Crippen LogP contribution in [0.15, 0.2) is 64.5 Å². The second kappa shape index (κ2) is 6.71. The van der Waals surface area contributed by atoms with E-state index in [4.69, 9.17) is 4.74 Å². The van der Waals surface area contributed by atoms with Crippen molar-refractivity contribution >= 4 is 34.3 Å². The van der Waals surface area contributed by atoms with Crippen molar-refractivity contribution in [1.29, 1.82) is 0 Å². The Morgan fingerprint density at radius 2 is 1.91 bits per heavy atom. The van der Waals surface area contributed by atoms with Gasteiger partial charge in [0.2, 0.25) is 5.91 Å². The van der Waals surface area contributed by atoms with Crippen LogP contribution >= 0.6 is 11.8 Å². The molecule has 0 saturated carbocycles. The number of carbonyl (C=O) groups excluding carboxylic acids is 1. The Hall–Kier alpha value is -2.53. The van der Waals surface area contributed by atoms with Crippen LogP contribution in [0.2, 0.25) is 0 Å². The largest absolute Gasteiger partial charge is 0.497 e.